The number of aromatic nitrogens is 1. The molecule has 27 heavy (non-hydrogen) atoms. The van der Waals surface area contributed by atoms with E-state index in [4.69, 9.17) is 0 Å². The summed E-state index contributed by atoms with van der Waals surface area (Å²) in [5.41, 5.74) is -0.851. The highest BCUT2D eigenvalue weighted by Crippen LogP contribution is 2.30. The van der Waals surface area contributed by atoms with Crippen LogP contribution in [0.15, 0.2) is 10.4 Å². The first-order chi connectivity index (χ1) is 12.8. The van der Waals surface area contributed by atoms with Crippen LogP contribution in [0.4, 0.5) is 13.2 Å². The smallest absolute Gasteiger partial charge is 0.357 e. The van der Waals surface area contributed by atoms with Crippen LogP contribution in [0.3, 0.4) is 0 Å². The average Bonchev–Trinajstić information content (AvgIpc) is 3.13. The normalized spacial score (nSPS) is 18.5. The Morgan fingerprint density at radius 3 is 2.52 bits per heavy atom. The highest BCUT2D eigenvalue weighted by molar-refractivity contribution is 7.09. The summed E-state index contributed by atoms with van der Waals surface area (Å²) in [5.74, 6) is 0.598. The highest BCUT2D eigenvalue weighted by Gasteiger charge is 2.33. The highest BCUT2D eigenvalue weighted by atomic mass is 32.1. The van der Waals surface area contributed by atoms with Crippen molar-refractivity contribution < 1.29 is 13.2 Å². The number of halogens is 3. The molecule has 1 atom stereocenters. The van der Waals surface area contributed by atoms with E-state index >= 15 is 0 Å². The van der Waals surface area contributed by atoms with Gasteiger partial charge in [-0.05, 0) is 20.4 Å². The van der Waals surface area contributed by atoms with Crippen molar-refractivity contribution in [2.75, 3.05) is 45.8 Å². The molecule has 2 N–H and O–H groups in total. The number of likely N-dealkylation sites (N-methyl/N-ethyl adjacent to an activating group) is 1. The summed E-state index contributed by atoms with van der Waals surface area (Å²) in [5, 5.41) is 7.80. The minimum atomic E-state index is -4.40. The second-order valence-corrected chi connectivity index (χ2v) is 7.46. The monoisotopic (exact) mass is 406 g/mol. The van der Waals surface area contributed by atoms with Gasteiger partial charge in [-0.2, -0.15) is 13.2 Å². The molecular formula is C17H29F3N6S. The lowest BCUT2D eigenvalue weighted by Gasteiger charge is -2.37. The lowest BCUT2D eigenvalue weighted by Crippen LogP contribution is -2.53. The molecule has 6 nitrogen and oxygen atoms in total. The third-order valence-corrected chi connectivity index (χ3v) is 5.43. The van der Waals surface area contributed by atoms with Gasteiger partial charge in [0.2, 0.25) is 0 Å². The fourth-order valence-electron chi connectivity index (χ4n) is 2.90. The number of guanidine groups is 1. The van der Waals surface area contributed by atoms with E-state index in [0.29, 0.717) is 23.6 Å². The minimum absolute atomic E-state index is 0.125. The van der Waals surface area contributed by atoms with E-state index in [1.807, 2.05) is 6.92 Å². The van der Waals surface area contributed by atoms with Crippen LogP contribution >= 0.6 is 11.3 Å². The van der Waals surface area contributed by atoms with Crippen LogP contribution in [0.1, 0.15) is 31.5 Å². The molecule has 1 fully saturated rings. The maximum atomic E-state index is 12.6. The molecule has 0 aromatic carbocycles. The molecule has 2 rings (SSSR count). The van der Waals surface area contributed by atoms with Crippen LogP contribution in [0.2, 0.25) is 0 Å². The Kier molecular flexibility index (Phi) is 8.30. The molecule has 0 spiro atoms. The molecule has 1 aromatic rings. The zero-order chi connectivity index (χ0) is 19.9. The summed E-state index contributed by atoms with van der Waals surface area (Å²) >= 11 is 0.979. The Balaban J connectivity index is 1.85. The summed E-state index contributed by atoms with van der Waals surface area (Å²) in [6.45, 7) is 13.2. The second kappa shape index (κ2) is 10.2. The van der Waals surface area contributed by atoms with Gasteiger partial charge in [0.1, 0.15) is 5.01 Å². The molecule has 2 heterocycles. The summed E-state index contributed by atoms with van der Waals surface area (Å²) in [6, 6.07) is 0.351. The van der Waals surface area contributed by atoms with Crippen molar-refractivity contribution in [1.29, 1.82) is 0 Å². The van der Waals surface area contributed by atoms with Gasteiger partial charge in [0.15, 0.2) is 11.7 Å². The molecule has 0 saturated carbocycles. The third-order valence-electron chi connectivity index (χ3n) is 4.60. The molecule has 1 saturated heterocycles. The average molecular weight is 407 g/mol. The van der Waals surface area contributed by atoms with Crippen molar-refractivity contribution >= 4 is 17.3 Å². The minimum Gasteiger partial charge on any atom is -0.357 e. The predicted molar refractivity (Wildman–Crippen MR) is 103 cm³/mol. The number of nitrogens with zero attached hydrogens (tertiary/aromatic N) is 4. The maximum absolute atomic E-state index is 12.6. The zero-order valence-electron chi connectivity index (χ0n) is 16.1. The van der Waals surface area contributed by atoms with E-state index in [9.17, 15) is 13.2 Å². The number of piperazine rings is 1. The van der Waals surface area contributed by atoms with Gasteiger partial charge in [-0.25, -0.2) is 9.98 Å². The summed E-state index contributed by atoms with van der Waals surface area (Å²) in [7, 11) is 0. The van der Waals surface area contributed by atoms with Crippen molar-refractivity contribution in [3.05, 3.63) is 16.1 Å². The van der Waals surface area contributed by atoms with Crippen LogP contribution in [-0.4, -0.2) is 72.6 Å². The van der Waals surface area contributed by atoms with Crippen molar-refractivity contribution in [1.82, 2.24) is 25.4 Å². The number of hydrogen-bond acceptors (Lipinski definition) is 5. The fraction of sp³-hybridized carbons (Fsp3) is 0.765. The van der Waals surface area contributed by atoms with Gasteiger partial charge >= 0.3 is 6.18 Å². The second-order valence-electron chi connectivity index (χ2n) is 6.52. The van der Waals surface area contributed by atoms with Gasteiger partial charge in [0.25, 0.3) is 0 Å². The number of hydrogen-bond donors (Lipinski definition) is 2. The van der Waals surface area contributed by atoms with Crippen molar-refractivity contribution in [3.63, 3.8) is 0 Å². The van der Waals surface area contributed by atoms with Crippen LogP contribution in [0.5, 0.6) is 0 Å². The molecule has 0 radical (unpaired) electrons. The molecule has 0 bridgehead atoms. The summed E-state index contributed by atoms with van der Waals surface area (Å²) < 4.78 is 37.9. The molecule has 0 amide bonds. The Labute approximate surface area is 162 Å². The molecule has 0 aliphatic carbocycles. The first kappa shape index (κ1) is 21.9. The van der Waals surface area contributed by atoms with Gasteiger partial charge in [-0.1, -0.05) is 6.92 Å². The lowest BCUT2D eigenvalue weighted by molar-refractivity contribution is -0.140. The van der Waals surface area contributed by atoms with Crippen molar-refractivity contribution in [3.8, 4) is 0 Å². The van der Waals surface area contributed by atoms with E-state index < -0.39 is 11.9 Å². The Morgan fingerprint density at radius 2 is 1.96 bits per heavy atom. The first-order valence-corrected chi connectivity index (χ1v) is 10.2. The first-order valence-electron chi connectivity index (χ1n) is 9.33. The molecule has 1 unspecified atom stereocenters. The number of thiazole rings is 1. The fourth-order valence-corrected chi connectivity index (χ4v) is 3.62. The van der Waals surface area contributed by atoms with E-state index in [1.54, 1.807) is 0 Å². The van der Waals surface area contributed by atoms with Gasteiger partial charge in [0.05, 0.1) is 6.54 Å². The predicted octanol–water partition coefficient (Wildman–Crippen LogP) is 2.24. The van der Waals surface area contributed by atoms with Gasteiger partial charge in [0, 0.05) is 50.7 Å². The maximum Gasteiger partial charge on any atom is 0.434 e. The van der Waals surface area contributed by atoms with E-state index in [2.05, 4.69) is 44.3 Å². The topological polar surface area (TPSA) is 55.8 Å². The molecule has 1 aromatic heterocycles. The number of nitrogens with one attached hydrogen (secondary N) is 2. The molecule has 154 valence electrons. The Hall–Kier alpha value is -1.39. The number of aliphatic imine (C=N–C) groups is 1. The van der Waals surface area contributed by atoms with E-state index in [1.165, 1.54) is 0 Å². The van der Waals surface area contributed by atoms with Crippen LogP contribution in [0, 0.1) is 0 Å². The zero-order valence-corrected chi connectivity index (χ0v) is 17.0. The third kappa shape index (κ3) is 6.93. The van der Waals surface area contributed by atoms with Crippen molar-refractivity contribution in [2.45, 2.75) is 39.5 Å². The molecule has 10 heteroatoms. The van der Waals surface area contributed by atoms with Gasteiger partial charge in [-0.15, -0.1) is 11.3 Å². The molecule has 1 aliphatic heterocycles. The lowest BCUT2D eigenvalue weighted by atomic mass is 10.2. The van der Waals surface area contributed by atoms with E-state index in [-0.39, 0.29) is 6.54 Å². The summed E-state index contributed by atoms with van der Waals surface area (Å²) in [4.78, 5) is 12.9. The Morgan fingerprint density at radius 1 is 1.26 bits per heavy atom. The van der Waals surface area contributed by atoms with Crippen LogP contribution in [0.25, 0.3) is 0 Å². The van der Waals surface area contributed by atoms with Crippen LogP contribution < -0.4 is 10.6 Å². The van der Waals surface area contributed by atoms with Gasteiger partial charge < -0.3 is 15.5 Å². The number of alkyl halides is 3. The van der Waals surface area contributed by atoms with Gasteiger partial charge in [-0.3, -0.25) is 4.90 Å². The van der Waals surface area contributed by atoms with Crippen molar-refractivity contribution in [2.24, 2.45) is 4.99 Å². The van der Waals surface area contributed by atoms with Crippen LogP contribution in [-0.2, 0) is 12.7 Å². The quantitative estimate of drug-likeness (QED) is 0.537. The summed E-state index contributed by atoms with van der Waals surface area (Å²) in [6.07, 6.45) is -4.40. The van der Waals surface area contributed by atoms with E-state index in [0.717, 1.165) is 56.0 Å². The standard InChI is InChI=1S/C17H29F3N6S/c1-4-21-16(23-11-15-24-14(12-27-15)17(18,19)20)22-10-13(3)26-8-6-25(5-2)7-9-26/h12-13H,4-11H2,1-3H3,(H2,21,22,23). The molecular weight excluding hydrogens is 377 g/mol. The largest absolute Gasteiger partial charge is 0.434 e. The number of rotatable bonds is 7. The Bertz CT molecular complexity index is 596. The molecule has 1 aliphatic rings. The SMILES string of the molecule is CCNC(=NCc1nc(C(F)(F)F)cs1)NCC(C)N1CCN(CC)CC1.